The fourth-order valence-electron chi connectivity index (χ4n) is 4.35. The molecule has 186 valence electrons. The number of carbonyl (C=O) groups is 1. The second kappa shape index (κ2) is 15.1. The molecule has 1 amide bonds. The number of rotatable bonds is 11. The molecule has 0 saturated carbocycles. The van der Waals surface area contributed by atoms with Crippen LogP contribution in [0.2, 0.25) is 0 Å². The van der Waals surface area contributed by atoms with E-state index in [1.165, 1.54) is 0 Å². The van der Waals surface area contributed by atoms with Gasteiger partial charge in [0.2, 0.25) is 5.91 Å². The van der Waals surface area contributed by atoms with Gasteiger partial charge in [-0.05, 0) is 55.4 Å². The van der Waals surface area contributed by atoms with Crippen LogP contribution in [0, 0.1) is 24.2 Å². The fourth-order valence-corrected chi connectivity index (χ4v) is 4.35. The number of amides is 1. The standard InChI is InChI=1S/C28H41N4O2.Rb/c1-9-25(18-32-22(5)29-17-21(4)16-28(32,7)8)31-27(33)26(15-20(2)3)30-23(6)34-19-24-13-11-10-12-14-24;/h1,10-14,20-21,25-26,30H,5-6,15-19H2,2-4,7-8H3,(H,31,33);/q-1;+1/t21?,25-,26+;/m1./s1. The van der Waals surface area contributed by atoms with Crippen molar-refractivity contribution in [3.05, 3.63) is 66.1 Å². The Kier molecular flexibility index (Phi) is 13.7. The predicted molar refractivity (Wildman–Crippen MR) is 139 cm³/mol. The van der Waals surface area contributed by atoms with E-state index in [9.17, 15) is 4.79 Å². The molecular weight excluding hydrogens is 510 g/mol. The number of terminal acetylenes is 1. The van der Waals surface area contributed by atoms with Crippen LogP contribution in [0.5, 0.6) is 0 Å². The van der Waals surface area contributed by atoms with Crippen LogP contribution in [0.1, 0.15) is 53.0 Å². The SMILES string of the molecule is C#C[C@H](CN1C(=C)[N-]CC(C)CC1(C)C)NC(=O)[C@H](CC(C)C)NC(=C)OCc1ccccc1.[Rb+]. The molecule has 1 saturated heterocycles. The van der Waals surface area contributed by atoms with Crippen molar-refractivity contribution in [2.75, 3.05) is 13.1 Å². The van der Waals surface area contributed by atoms with Crippen LogP contribution in [0.4, 0.5) is 0 Å². The van der Waals surface area contributed by atoms with Gasteiger partial charge in [-0.2, -0.15) is 0 Å². The molecular formula is C28H41N4O2Rb. The van der Waals surface area contributed by atoms with E-state index >= 15 is 0 Å². The fraction of sp³-hybridized carbons (Fsp3) is 0.536. The monoisotopic (exact) mass is 550 g/mol. The van der Waals surface area contributed by atoms with Crippen LogP contribution >= 0.6 is 0 Å². The van der Waals surface area contributed by atoms with Crippen molar-refractivity contribution >= 4 is 5.91 Å². The van der Waals surface area contributed by atoms with E-state index in [1.807, 2.05) is 30.3 Å². The largest absolute Gasteiger partial charge is 1.00 e. The van der Waals surface area contributed by atoms with E-state index < -0.39 is 12.1 Å². The van der Waals surface area contributed by atoms with Crippen LogP contribution < -0.4 is 68.8 Å². The van der Waals surface area contributed by atoms with E-state index in [-0.39, 0.29) is 69.6 Å². The molecule has 0 aromatic heterocycles. The molecule has 3 atom stereocenters. The molecule has 2 N–H and O–H groups in total. The van der Waals surface area contributed by atoms with Crippen molar-refractivity contribution in [2.45, 2.75) is 71.7 Å². The summed E-state index contributed by atoms with van der Waals surface area (Å²) in [5, 5.41) is 10.8. The molecule has 1 aromatic rings. The minimum absolute atomic E-state index is 0. The maximum absolute atomic E-state index is 13.2. The summed E-state index contributed by atoms with van der Waals surface area (Å²) in [4.78, 5) is 15.4. The number of carbonyl (C=O) groups excluding carboxylic acids is 1. The Balaban J connectivity index is 0.00000612. The molecule has 0 bridgehead atoms. The Morgan fingerprint density at radius 2 is 1.97 bits per heavy atom. The van der Waals surface area contributed by atoms with Gasteiger partial charge in [0.15, 0.2) is 5.88 Å². The zero-order chi connectivity index (χ0) is 25.3. The van der Waals surface area contributed by atoms with Gasteiger partial charge in [0.25, 0.3) is 0 Å². The second-order valence-electron chi connectivity index (χ2n) is 10.2. The van der Waals surface area contributed by atoms with Crippen LogP contribution in [0.3, 0.4) is 0 Å². The first-order chi connectivity index (χ1) is 16.0. The number of ether oxygens (including phenoxy) is 1. The normalized spacial score (nSPS) is 18.7. The molecule has 2 rings (SSSR count). The second-order valence-corrected chi connectivity index (χ2v) is 10.2. The van der Waals surface area contributed by atoms with Gasteiger partial charge in [0, 0.05) is 0 Å². The Hall–Kier alpha value is -1.26. The van der Waals surface area contributed by atoms with Crippen LogP contribution in [-0.4, -0.2) is 41.5 Å². The van der Waals surface area contributed by atoms with Crippen molar-refractivity contribution in [3.8, 4) is 12.3 Å². The molecule has 1 aliphatic rings. The quantitative estimate of drug-likeness (QED) is 0.325. The van der Waals surface area contributed by atoms with Gasteiger partial charge < -0.3 is 25.6 Å². The van der Waals surface area contributed by atoms with Crippen LogP contribution in [0.25, 0.3) is 5.32 Å². The molecule has 0 radical (unpaired) electrons. The molecule has 1 heterocycles. The van der Waals surface area contributed by atoms with Crippen molar-refractivity contribution < 1.29 is 67.7 Å². The molecule has 35 heavy (non-hydrogen) atoms. The smallest absolute Gasteiger partial charge is 0.475 e. The predicted octanol–water partition coefficient (Wildman–Crippen LogP) is 1.77. The van der Waals surface area contributed by atoms with E-state index in [0.29, 0.717) is 43.1 Å². The van der Waals surface area contributed by atoms with Gasteiger partial charge in [-0.3, -0.25) is 4.79 Å². The average Bonchev–Trinajstić information content (AvgIpc) is 2.87. The average molecular weight is 551 g/mol. The third-order valence-electron chi connectivity index (χ3n) is 5.97. The van der Waals surface area contributed by atoms with Gasteiger partial charge in [-0.15, -0.1) is 13.0 Å². The first-order valence-electron chi connectivity index (χ1n) is 12.0. The number of hydrogen-bond donors (Lipinski definition) is 2. The summed E-state index contributed by atoms with van der Waals surface area (Å²) in [6.07, 6.45) is 7.42. The maximum Gasteiger partial charge on any atom is 1.00 e. The Morgan fingerprint density at radius 3 is 2.57 bits per heavy atom. The minimum Gasteiger partial charge on any atom is -0.475 e. The van der Waals surface area contributed by atoms with Crippen molar-refractivity contribution in [1.82, 2.24) is 15.5 Å². The zero-order valence-electron chi connectivity index (χ0n) is 22.4. The molecule has 0 spiro atoms. The molecule has 1 aromatic carbocycles. The summed E-state index contributed by atoms with van der Waals surface area (Å²) in [6, 6.07) is 8.84. The number of benzene rings is 1. The van der Waals surface area contributed by atoms with Crippen LogP contribution in [-0.2, 0) is 16.1 Å². The van der Waals surface area contributed by atoms with Gasteiger partial charge in [0.05, 0.1) is 6.04 Å². The van der Waals surface area contributed by atoms with E-state index in [2.05, 4.69) is 74.5 Å². The summed E-state index contributed by atoms with van der Waals surface area (Å²) in [5.74, 6) is 4.38. The first-order valence-corrected chi connectivity index (χ1v) is 12.0. The van der Waals surface area contributed by atoms with Gasteiger partial charge >= 0.3 is 58.2 Å². The van der Waals surface area contributed by atoms with Crippen molar-refractivity contribution in [1.29, 1.82) is 0 Å². The molecule has 7 heteroatoms. The third-order valence-corrected chi connectivity index (χ3v) is 5.97. The molecule has 1 unspecified atom stereocenters. The Bertz CT molecular complexity index is 879. The van der Waals surface area contributed by atoms with E-state index in [0.717, 1.165) is 18.5 Å². The zero-order valence-corrected chi connectivity index (χ0v) is 27.4. The minimum atomic E-state index is -0.510. The van der Waals surface area contributed by atoms with E-state index in [4.69, 9.17) is 11.2 Å². The molecule has 1 fully saturated rings. The molecule has 0 aliphatic carbocycles. The number of hydrogen-bond acceptors (Lipinski definition) is 4. The van der Waals surface area contributed by atoms with Gasteiger partial charge in [-0.1, -0.05) is 76.7 Å². The van der Waals surface area contributed by atoms with Crippen LogP contribution in [0.15, 0.2) is 55.2 Å². The topological polar surface area (TPSA) is 67.7 Å². The number of nitrogens with zero attached hydrogens (tertiary/aromatic N) is 2. The summed E-state index contributed by atoms with van der Waals surface area (Å²) in [5.41, 5.74) is 0.869. The van der Waals surface area contributed by atoms with Crippen molar-refractivity contribution in [3.63, 3.8) is 0 Å². The maximum atomic E-state index is 13.2. The number of nitrogens with one attached hydrogen (secondary N) is 2. The summed E-state index contributed by atoms with van der Waals surface area (Å²) in [6.45, 7) is 20.3. The Morgan fingerprint density at radius 1 is 1.31 bits per heavy atom. The molecule has 1 aliphatic heterocycles. The van der Waals surface area contributed by atoms with Gasteiger partial charge in [-0.25, -0.2) is 0 Å². The summed E-state index contributed by atoms with van der Waals surface area (Å²) >= 11 is 0. The van der Waals surface area contributed by atoms with Gasteiger partial charge in [0.1, 0.15) is 12.6 Å². The van der Waals surface area contributed by atoms with Crippen molar-refractivity contribution in [2.24, 2.45) is 11.8 Å². The summed E-state index contributed by atoms with van der Waals surface area (Å²) in [7, 11) is 0. The summed E-state index contributed by atoms with van der Waals surface area (Å²) < 4.78 is 5.75. The van der Waals surface area contributed by atoms with E-state index in [1.54, 1.807) is 0 Å². The first kappa shape index (κ1) is 31.8. The third kappa shape index (κ3) is 10.7. The molecule has 6 nitrogen and oxygen atoms in total. The Labute approximate surface area is 261 Å².